The maximum Gasteiger partial charge on any atom is 0.295 e. The number of rotatable bonds is 6. The molecule has 2 fully saturated rings. The normalized spacial score (nSPS) is 22.3. The molecule has 4 rings (SSSR count). The Kier molecular flexibility index (Phi) is 5.91. The van der Waals surface area contributed by atoms with Crippen molar-refractivity contribution in [3.63, 3.8) is 0 Å². The highest BCUT2D eigenvalue weighted by atomic mass is 16.6. The van der Waals surface area contributed by atoms with Gasteiger partial charge >= 0.3 is 0 Å². The first-order valence-electron chi connectivity index (χ1n) is 10.2. The number of nitrogens with zero attached hydrogens (tertiary/aromatic N) is 2. The first-order chi connectivity index (χ1) is 15.4. The number of carbonyl (C=O) groups is 2. The van der Waals surface area contributed by atoms with Crippen LogP contribution in [0.25, 0.3) is 5.76 Å². The fourth-order valence-corrected chi connectivity index (χ4v) is 4.14. The molecule has 2 aromatic carbocycles. The number of methoxy groups -OCH3 is 1. The number of nitro groups is 1. The van der Waals surface area contributed by atoms with Gasteiger partial charge in [0.05, 0.1) is 29.8 Å². The van der Waals surface area contributed by atoms with Gasteiger partial charge in [-0.3, -0.25) is 19.7 Å². The van der Waals surface area contributed by atoms with Gasteiger partial charge in [0.1, 0.15) is 11.5 Å². The predicted molar refractivity (Wildman–Crippen MR) is 114 cm³/mol. The molecule has 2 aliphatic rings. The molecule has 0 unspecified atom stereocenters. The van der Waals surface area contributed by atoms with Crippen LogP contribution in [0.4, 0.5) is 5.69 Å². The number of ether oxygens (including phenoxy) is 2. The molecular formula is C23H22N2O7. The molecule has 9 nitrogen and oxygen atoms in total. The second-order valence-corrected chi connectivity index (χ2v) is 7.67. The van der Waals surface area contributed by atoms with Crippen LogP contribution in [0, 0.1) is 10.1 Å². The smallest absolute Gasteiger partial charge is 0.295 e. The van der Waals surface area contributed by atoms with Gasteiger partial charge in [-0.05, 0) is 42.7 Å². The first-order valence-corrected chi connectivity index (χ1v) is 10.2. The van der Waals surface area contributed by atoms with E-state index in [0.29, 0.717) is 23.5 Å². The molecule has 2 aromatic rings. The Hall–Kier alpha value is -3.72. The summed E-state index contributed by atoms with van der Waals surface area (Å²) in [6.07, 6.45) is 1.35. The second-order valence-electron chi connectivity index (χ2n) is 7.67. The SMILES string of the molecule is COc1ccc(/C(O)=C2\C(=O)C(=O)N(C[C@@H]3CCCO3)[C@H]2c2cccc([N+](=O)[O-])c2)cc1. The first kappa shape index (κ1) is 21.5. The molecule has 0 aromatic heterocycles. The molecule has 32 heavy (non-hydrogen) atoms. The number of aliphatic hydroxyl groups excluding tert-OH is 1. The Morgan fingerprint density at radius 3 is 2.62 bits per heavy atom. The van der Waals surface area contributed by atoms with E-state index in [9.17, 15) is 24.8 Å². The van der Waals surface area contributed by atoms with Crippen LogP contribution in [0.15, 0.2) is 54.1 Å². The maximum absolute atomic E-state index is 13.0. The van der Waals surface area contributed by atoms with E-state index in [-0.39, 0.29) is 29.7 Å². The number of hydrogen-bond acceptors (Lipinski definition) is 7. The van der Waals surface area contributed by atoms with E-state index in [0.717, 1.165) is 12.8 Å². The zero-order valence-corrected chi connectivity index (χ0v) is 17.4. The third-order valence-electron chi connectivity index (χ3n) is 5.72. The summed E-state index contributed by atoms with van der Waals surface area (Å²) >= 11 is 0. The predicted octanol–water partition coefficient (Wildman–Crippen LogP) is 3.20. The van der Waals surface area contributed by atoms with E-state index in [1.807, 2.05) is 0 Å². The number of carbonyl (C=O) groups excluding carboxylic acids is 2. The van der Waals surface area contributed by atoms with Gasteiger partial charge in [-0.1, -0.05) is 12.1 Å². The van der Waals surface area contributed by atoms with E-state index in [4.69, 9.17) is 9.47 Å². The van der Waals surface area contributed by atoms with Crippen LogP contribution in [-0.2, 0) is 14.3 Å². The minimum atomic E-state index is -0.971. The summed E-state index contributed by atoms with van der Waals surface area (Å²) in [7, 11) is 1.51. The van der Waals surface area contributed by atoms with E-state index in [2.05, 4.69) is 0 Å². The average molecular weight is 438 g/mol. The van der Waals surface area contributed by atoms with Crippen molar-refractivity contribution >= 4 is 23.1 Å². The Bertz CT molecular complexity index is 1090. The lowest BCUT2D eigenvalue weighted by atomic mass is 9.95. The molecule has 0 saturated carbocycles. The molecule has 166 valence electrons. The number of likely N-dealkylation sites (tertiary alicyclic amines) is 1. The summed E-state index contributed by atoms with van der Waals surface area (Å²) in [4.78, 5) is 38.1. The van der Waals surface area contributed by atoms with Gasteiger partial charge in [0.2, 0.25) is 0 Å². The third-order valence-corrected chi connectivity index (χ3v) is 5.72. The van der Waals surface area contributed by atoms with Crippen molar-refractivity contribution < 1.29 is 29.1 Å². The van der Waals surface area contributed by atoms with Crippen LogP contribution in [-0.4, -0.2) is 53.0 Å². The van der Waals surface area contributed by atoms with Crippen molar-refractivity contribution in [2.24, 2.45) is 0 Å². The minimum absolute atomic E-state index is 0.112. The summed E-state index contributed by atoms with van der Waals surface area (Å²) < 4.78 is 10.8. The number of aliphatic hydroxyl groups is 1. The monoisotopic (exact) mass is 438 g/mol. The third kappa shape index (κ3) is 3.94. The Balaban J connectivity index is 1.83. The van der Waals surface area contributed by atoms with Gasteiger partial charge in [-0.2, -0.15) is 0 Å². The largest absolute Gasteiger partial charge is 0.507 e. The number of hydrogen-bond donors (Lipinski definition) is 1. The molecule has 2 saturated heterocycles. The van der Waals surface area contributed by atoms with Crippen LogP contribution >= 0.6 is 0 Å². The molecular weight excluding hydrogens is 416 g/mol. The molecule has 0 aliphatic carbocycles. The quantitative estimate of drug-likeness (QED) is 0.242. The van der Waals surface area contributed by atoms with Gasteiger partial charge < -0.3 is 19.5 Å². The zero-order chi connectivity index (χ0) is 22.8. The van der Waals surface area contributed by atoms with Gasteiger partial charge in [0, 0.05) is 30.8 Å². The maximum atomic E-state index is 13.0. The molecule has 2 heterocycles. The fraction of sp³-hybridized carbons (Fsp3) is 0.304. The summed E-state index contributed by atoms with van der Waals surface area (Å²) in [5.74, 6) is -1.40. The van der Waals surface area contributed by atoms with Crippen molar-refractivity contribution in [1.29, 1.82) is 0 Å². The Morgan fingerprint density at radius 2 is 2.00 bits per heavy atom. The highest BCUT2D eigenvalue weighted by molar-refractivity contribution is 6.46. The summed E-state index contributed by atoms with van der Waals surface area (Å²) in [5, 5.41) is 22.4. The van der Waals surface area contributed by atoms with E-state index in [1.165, 1.54) is 30.2 Å². The number of benzene rings is 2. The molecule has 2 atom stereocenters. The molecule has 1 amide bonds. The van der Waals surface area contributed by atoms with Crippen LogP contribution in [0.3, 0.4) is 0 Å². The van der Waals surface area contributed by atoms with Gasteiger partial charge in [-0.15, -0.1) is 0 Å². The average Bonchev–Trinajstić information content (AvgIpc) is 3.41. The molecule has 0 radical (unpaired) electrons. The molecule has 9 heteroatoms. The second kappa shape index (κ2) is 8.80. The molecule has 0 spiro atoms. The van der Waals surface area contributed by atoms with Crippen molar-refractivity contribution in [3.8, 4) is 5.75 Å². The molecule has 0 bridgehead atoms. The molecule has 1 N–H and O–H groups in total. The van der Waals surface area contributed by atoms with Gasteiger partial charge in [0.15, 0.2) is 0 Å². The summed E-state index contributed by atoms with van der Waals surface area (Å²) in [6.45, 7) is 0.721. The number of ketones is 1. The van der Waals surface area contributed by atoms with Crippen LogP contribution in [0.2, 0.25) is 0 Å². The number of nitro benzene ring substituents is 1. The number of Topliss-reactive ketones (excluding diaryl/α,β-unsaturated/α-hetero) is 1. The Labute approximate surface area is 184 Å². The van der Waals surface area contributed by atoms with Crippen LogP contribution in [0.1, 0.15) is 30.0 Å². The van der Waals surface area contributed by atoms with Crippen molar-refractivity contribution in [3.05, 3.63) is 75.3 Å². The lowest BCUT2D eigenvalue weighted by Gasteiger charge is -2.27. The zero-order valence-electron chi connectivity index (χ0n) is 17.4. The van der Waals surface area contributed by atoms with E-state index < -0.39 is 22.7 Å². The number of non-ortho nitro benzene ring substituents is 1. The highest BCUT2D eigenvalue weighted by Crippen LogP contribution is 2.41. The van der Waals surface area contributed by atoms with Crippen LogP contribution in [0.5, 0.6) is 5.75 Å². The van der Waals surface area contributed by atoms with E-state index in [1.54, 1.807) is 30.3 Å². The standard InChI is InChI=1S/C23H22N2O7/c1-31-17-9-7-14(8-10-17)21(26)19-20(15-4-2-5-16(12-15)25(29)30)24(23(28)22(19)27)13-18-6-3-11-32-18/h2,4-5,7-10,12,18,20,26H,3,6,11,13H2,1H3/b21-19+/t18-,20-/m0/s1. The van der Waals surface area contributed by atoms with Crippen LogP contribution < -0.4 is 4.74 Å². The fourth-order valence-electron chi connectivity index (χ4n) is 4.14. The highest BCUT2D eigenvalue weighted by Gasteiger charge is 2.47. The topological polar surface area (TPSA) is 119 Å². The summed E-state index contributed by atoms with van der Waals surface area (Å²) in [6, 6.07) is 11.2. The number of amides is 1. The van der Waals surface area contributed by atoms with Gasteiger partial charge in [-0.25, -0.2) is 0 Å². The lowest BCUT2D eigenvalue weighted by molar-refractivity contribution is -0.384. The van der Waals surface area contributed by atoms with Crippen molar-refractivity contribution in [2.45, 2.75) is 25.0 Å². The van der Waals surface area contributed by atoms with Crippen molar-refractivity contribution in [2.75, 3.05) is 20.3 Å². The van der Waals surface area contributed by atoms with Crippen molar-refractivity contribution in [1.82, 2.24) is 4.90 Å². The Morgan fingerprint density at radius 1 is 1.25 bits per heavy atom. The minimum Gasteiger partial charge on any atom is -0.507 e. The summed E-state index contributed by atoms with van der Waals surface area (Å²) in [5.41, 5.74) is 0.413. The van der Waals surface area contributed by atoms with Gasteiger partial charge in [0.25, 0.3) is 17.4 Å². The lowest BCUT2D eigenvalue weighted by Crippen LogP contribution is -2.36. The van der Waals surface area contributed by atoms with E-state index >= 15 is 0 Å². The molecule has 2 aliphatic heterocycles.